The second-order valence-corrected chi connectivity index (χ2v) is 8.30. The Hall–Kier alpha value is 0.610. The van der Waals surface area contributed by atoms with Gasteiger partial charge in [0.25, 0.3) is 0 Å². The molecule has 2 aromatic heterocycles. The fourth-order valence-electron chi connectivity index (χ4n) is 1.29. The van der Waals surface area contributed by atoms with Gasteiger partial charge in [0.2, 0.25) is 0 Å². The van der Waals surface area contributed by atoms with Gasteiger partial charge < -0.3 is 5.73 Å². The first-order valence-electron chi connectivity index (χ1n) is 4.45. The van der Waals surface area contributed by atoms with Crippen molar-refractivity contribution in [2.45, 2.75) is 13.0 Å². The quantitative estimate of drug-likeness (QED) is 0.722. The van der Waals surface area contributed by atoms with Crippen LogP contribution in [0.15, 0.2) is 20.4 Å². The molecule has 1 atom stereocenters. The molecule has 0 bridgehead atoms. The summed E-state index contributed by atoms with van der Waals surface area (Å²) in [5.74, 6) is 0. The lowest BCUT2D eigenvalue weighted by atomic mass is 10.2. The van der Waals surface area contributed by atoms with Crippen LogP contribution in [0, 0.1) is 6.92 Å². The first-order chi connectivity index (χ1) is 7.49. The maximum Gasteiger partial charge on any atom is 0.107 e. The molecule has 6 heteroatoms. The Kier molecular flexibility index (Phi) is 4.14. The van der Waals surface area contributed by atoms with Crippen LogP contribution in [-0.4, -0.2) is 0 Å². The Morgan fingerprint density at radius 2 is 1.88 bits per heavy atom. The summed E-state index contributed by atoms with van der Waals surface area (Å²) in [5.41, 5.74) is 7.42. The number of thiophene rings is 2. The van der Waals surface area contributed by atoms with Crippen LogP contribution < -0.4 is 5.73 Å². The van der Waals surface area contributed by atoms with E-state index in [9.17, 15) is 0 Å². The number of halogens is 3. The SMILES string of the molecule is Cc1cc(C(N)c2cc(Br)c(Cl)s2)sc1Br. The summed E-state index contributed by atoms with van der Waals surface area (Å²) in [6, 6.07) is 4.01. The van der Waals surface area contributed by atoms with E-state index in [1.54, 1.807) is 11.3 Å². The van der Waals surface area contributed by atoms with Crippen LogP contribution in [0.3, 0.4) is 0 Å². The van der Waals surface area contributed by atoms with E-state index in [4.69, 9.17) is 17.3 Å². The Balaban J connectivity index is 2.34. The number of hydrogen-bond donors (Lipinski definition) is 1. The highest BCUT2D eigenvalue weighted by atomic mass is 79.9. The molecule has 2 rings (SSSR count). The molecule has 86 valence electrons. The summed E-state index contributed by atoms with van der Waals surface area (Å²) in [4.78, 5) is 2.22. The van der Waals surface area contributed by atoms with E-state index >= 15 is 0 Å². The lowest BCUT2D eigenvalue weighted by Crippen LogP contribution is -2.07. The van der Waals surface area contributed by atoms with Crippen molar-refractivity contribution in [3.63, 3.8) is 0 Å². The predicted octanol–water partition coefficient (Wildman–Crippen LogP) is 5.34. The Morgan fingerprint density at radius 3 is 2.31 bits per heavy atom. The van der Waals surface area contributed by atoms with Gasteiger partial charge in [0.05, 0.1) is 9.83 Å². The van der Waals surface area contributed by atoms with E-state index in [1.165, 1.54) is 16.9 Å². The molecular formula is C10H8Br2ClNS2. The Morgan fingerprint density at radius 1 is 1.25 bits per heavy atom. The summed E-state index contributed by atoms with van der Waals surface area (Å²) in [7, 11) is 0. The van der Waals surface area contributed by atoms with Crippen molar-refractivity contribution in [2.24, 2.45) is 5.73 Å². The van der Waals surface area contributed by atoms with E-state index in [0.717, 1.165) is 22.3 Å². The van der Waals surface area contributed by atoms with E-state index in [1.807, 2.05) is 6.07 Å². The Bertz CT molecular complexity index is 436. The highest BCUT2D eigenvalue weighted by Crippen LogP contribution is 2.39. The van der Waals surface area contributed by atoms with E-state index in [-0.39, 0.29) is 6.04 Å². The van der Waals surface area contributed by atoms with Crippen LogP contribution in [0.25, 0.3) is 0 Å². The molecular weight excluding hydrogens is 394 g/mol. The van der Waals surface area contributed by atoms with Gasteiger partial charge >= 0.3 is 0 Å². The summed E-state index contributed by atoms with van der Waals surface area (Å²) in [5, 5.41) is 0. The van der Waals surface area contributed by atoms with Crippen LogP contribution in [0.2, 0.25) is 4.34 Å². The van der Waals surface area contributed by atoms with Crippen LogP contribution in [0.4, 0.5) is 0 Å². The smallest absolute Gasteiger partial charge is 0.107 e. The molecule has 2 N–H and O–H groups in total. The Labute approximate surface area is 124 Å². The molecule has 1 nitrogen and oxygen atoms in total. The van der Waals surface area contributed by atoms with Gasteiger partial charge in [0, 0.05) is 14.2 Å². The molecule has 0 aliphatic rings. The fraction of sp³-hybridized carbons (Fsp3) is 0.200. The average molecular weight is 402 g/mol. The standard InChI is InChI=1S/C10H8Br2ClNS2/c1-4-2-6(15-9(4)12)8(14)7-3-5(11)10(13)16-7/h2-3,8H,14H2,1H3. The summed E-state index contributed by atoms with van der Waals surface area (Å²) >= 11 is 16.1. The molecule has 16 heavy (non-hydrogen) atoms. The van der Waals surface area contributed by atoms with Crippen molar-refractivity contribution in [1.29, 1.82) is 0 Å². The molecule has 0 saturated heterocycles. The highest BCUT2D eigenvalue weighted by molar-refractivity contribution is 9.11. The van der Waals surface area contributed by atoms with Crippen LogP contribution in [0.1, 0.15) is 21.4 Å². The zero-order valence-corrected chi connectivity index (χ0v) is 13.8. The third-order valence-electron chi connectivity index (χ3n) is 2.15. The van der Waals surface area contributed by atoms with E-state index < -0.39 is 0 Å². The van der Waals surface area contributed by atoms with Gasteiger partial charge in [-0.2, -0.15) is 0 Å². The van der Waals surface area contributed by atoms with Gasteiger partial charge in [-0.25, -0.2) is 0 Å². The molecule has 2 aromatic rings. The van der Waals surface area contributed by atoms with Gasteiger partial charge in [-0.1, -0.05) is 11.6 Å². The zero-order valence-electron chi connectivity index (χ0n) is 8.26. The van der Waals surface area contributed by atoms with Crippen molar-refractivity contribution in [1.82, 2.24) is 0 Å². The third kappa shape index (κ3) is 2.54. The van der Waals surface area contributed by atoms with Crippen molar-refractivity contribution >= 4 is 66.1 Å². The predicted molar refractivity (Wildman–Crippen MR) is 79.8 cm³/mol. The molecule has 0 fully saturated rings. The lowest BCUT2D eigenvalue weighted by Gasteiger charge is -2.05. The highest BCUT2D eigenvalue weighted by Gasteiger charge is 2.16. The minimum atomic E-state index is -0.0937. The first kappa shape index (κ1) is 13.1. The van der Waals surface area contributed by atoms with Crippen LogP contribution >= 0.6 is 66.1 Å². The van der Waals surface area contributed by atoms with Gasteiger partial charge in [0.15, 0.2) is 0 Å². The maximum absolute atomic E-state index is 6.20. The molecule has 0 amide bonds. The van der Waals surface area contributed by atoms with E-state index in [2.05, 4.69) is 44.8 Å². The van der Waals surface area contributed by atoms with Crippen LogP contribution in [-0.2, 0) is 0 Å². The van der Waals surface area contributed by atoms with Crippen molar-refractivity contribution in [3.8, 4) is 0 Å². The molecule has 0 aliphatic heterocycles. The number of rotatable bonds is 2. The molecule has 0 saturated carbocycles. The fourth-order valence-corrected chi connectivity index (χ4v) is 4.72. The molecule has 0 spiro atoms. The number of aryl methyl sites for hydroxylation is 1. The average Bonchev–Trinajstić information content (AvgIpc) is 2.72. The third-order valence-corrected chi connectivity index (χ3v) is 6.93. The van der Waals surface area contributed by atoms with Gasteiger partial charge in [0.1, 0.15) is 4.34 Å². The van der Waals surface area contributed by atoms with Gasteiger partial charge in [-0.3, -0.25) is 0 Å². The largest absolute Gasteiger partial charge is 0.319 e. The number of nitrogens with two attached hydrogens (primary N) is 1. The second-order valence-electron chi connectivity index (χ2n) is 3.35. The second kappa shape index (κ2) is 5.08. The van der Waals surface area contributed by atoms with Gasteiger partial charge in [-0.15, -0.1) is 22.7 Å². The lowest BCUT2D eigenvalue weighted by molar-refractivity contribution is 0.916. The van der Waals surface area contributed by atoms with Gasteiger partial charge in [-0.05, 0) is 56.5 Å². The molecule has 0 aromatic carbocycles. The maximum atomic E-state index is 6.20. The molecule has 2 heterocycles. The van der Waals surface area contributed by atoms with Crippen molar-refractivity contribution in [3.05, 3.63) is 40.0 Å². The zero-order chi connectivity index (χ0) is 11.9. The molecule has 1 unspecified atom stereocenters. The van der Waals surface area contributed by atoms with Crippen molar-refractivity contribution < 1.29 is 0 Å². The monoisotopic (exact) mass is 399 g/mol. The number of hydrogen-bond acceptors (Lipinski definition) is 3. The summed E-state index contributed by atoms with van der Waals surface area (Å²) in [6.45, 7) is 2.06. The topological polar surface area (TPSA) is 26.0 Å². The minimum Gasteiger partial charge on any atom is -0.319 e. The molecule has 0 aliphatic carbocycles. The summed E-state index contributed by atoms with van der Waals surface area (Å²) in [6.07, 6.45) is 0. The van der Waals surface area contributed by atoms with Crippen LogP contribution in [0.5, 0.6) is 0 Å². The normalized spacial score (nSPS) is 13.1. The van der Waals surface area contributed by atoms with E-state index in [0.29, 0.717) is 0 Å². The summed E-state index contributed by atoms with van der Waals surface area (Å²) < 4.78 is 2.80. The first-order valence-corrected chi connectivity index (χ1v) is 8.05. The molecule has 0 radical (unpaired) electrons. The van der Waals surface area contributed by atoms with Crippen molar-refractivity contribution in [2.75, 3.05) is 0 Å². The minimum absolute atomic E-state index is 0.0937.